The summed E-state index contributed by atoms with van der Waals surface area (Å²) in [6.45, 7) is 0.874. The van der Waals surface area contributed by atoms with Crippen LogP contribution in [0.4, 0.5) is 4.79 Å². The number of hydrogen-bond donors (Lipinski definition) is 1. The molecule has 4 amide bonds. The van der Waals surface area contributed by atoms with Crippen LogP contribution in [0.1, 0.15) is 82.6 Å². The fourth-order valence-electron chi connectivity index (χ4n) is 5.64. The lowest BCUT2D eigenvalue weighted by atomic mass is 9.81. The molecule has 0 spiro atoms. The first-order valence-electron chi connectivity index (χ1n) is 12.7. The molecule has 180 valence electrons. The van der Waals surface area contributed by atoms with Crippen molar-refractivity contribution in [1.29, 1.82) is 0 Å². The Morgan fingerprint density at radius 2 is 1.64 bits per heavy atom. The van der Waals surface area contributed by atoms with Gasteiger partial charge in [0.2, 0.25) is 11.8 Å². The van der Waals surface area contributed by atoms with E-state index in [-0.39, 0.29) is 29.8 Å². The number of rotatable bonds is 8. The van der Waals surface area contributed by atoms with Gasteiger partial charge in [0.05, 0.1) is 5.92 Å². The molecule has 33 heavy (non-hydrogen) atoms. The van der Waals surface area contributed by atoms with Crippen LogP contribution in [0.3, 0.4) is 0 Å². The Labute approximate surface area is 202 Å². The Hall–Kier alpha value is -2.08. The normalized spacial score (nSPS) is 24.0. The van der Waals surface area contributed by atoms with Gasteiger partial charge in [-0.1, -0.05) is 55.8 Å². The number of imide groups is 1. The number of benzene rings is 1. The largest absolute Gasteiger partial charge is 0.353 e. The number of fused-ring (bicyclic) bond motifs is 1. The molecule has 6 nitrogen and oxygen atoms in total. The monoisotopic (exact) mass is 473 g/mol. The summed E-state index contributed by atoms with van der Waals surface area (Å²) in [5.74, 6) is -0.0445. The van der Waals surface area contributed by atoms with Crippen LogP contribution in [0.5, 0.6) is 0 Å². The minimum absolute atomic E-state index is 0.0213. The van der Waals surface area contributed by atoms with Gasteiger partial charge in [-0.25, -0.2) is 4.79 Å². The van der Waals surface area contributed by atoms with E-state index in [1.54, 1.807) is 0 Å². The second-order valence-electron chi connectivity index (χ2n) is 9.84. The van der Waals surface area contributed by atoms with Crippen molar-refractivity contribution in [3.05, 3.63) is 34.9 Å². The lowest BCUT2D eigenvalue weighted by molar-refractivity contribution is -0.140. The molecule has 1 N–H and O–H groups in total. The van der Waals surface area contributed by atoms with Gasteiger partial charge in [0.1, 0.15) is 0 Å². The number of unbranched alkanes of at least 4 members (excludes halogenated alkanes) is 1. The van der Waals surface area contributed by atoms with Crippen molar-refractivity contribution in [2.75, 3.05) is 6.54 Å². The third-order valence-electron chi connectivity index (χ3n) is 7.46. The van der Waals surface area contributed by atoms with Crippen molar-refractivity contribution in [3.8, 4) is 0 Å². The van der Waals surface area contributed by atoms with Crippen LogP contribution in [0, 0.1) is 5.92 Å². The summed E-state index contributed by atoms with van der Waals surface area (Å²) in [5.41, 5.74) is 1.02. The molecular formula is C26H36ClN3O3. The SMILES string of the molecule is O=C(CCCCN1C(=O)C2CCCCC2N(Cc2ccc(Cl)cc2)C1=O)NC1CCCCC1. The van der Waals surface area contributed by atoms with Crippen molar-refractivity contribution >= 4 is 29.4 Å². The van der Waals surface area contributed by atoms with Crippen LogP contribution in [-0.2, 0) is 16.1 Å². The van der Waals surface area contributed by atoms with Gasteiger partial charge in [0.15, 0.2) is 0 Å². The molecule has 0 radical (unpaired) electrons. The standard InChI is InChI=1S/C26H36ClN3O3/c27-20-15-13-19(14-16-20)18-30-23-11-5-4-10-22(23)25(32)29(26(30)33)17-7-6-12-24(31)28-21-8-2-1-3-9-21/h13-16,21-23H,1-12,17-18H2,(H,28,31). The van der Waals surface area contributed by atoms with Gasteiger partial charge >= 0.3 is 6.03 Å². The molecule has 2 unspecified atom stereocenters. The first-order chi connectivity index (χ1) is 16.0. The highest BCUT2D eigenvalue weighted by Crippen LogP contribution is 2.35. The number of amides is 4. The molecule has 4 rings (SSSR count). The maximum Gasteiger partial charge on any atom is 0.327 e. The van der Waals surface area contributed by atoms with Gasteiger partial charge in [-0.3, -0.25) is 14.5 Å². The van der Waals surface area contributed by atoms with Crippen LogP contribution in [0.2, 0.25) is 5.02 Å². The van der Waals surface area contributed by atoms with E-state index in [2.05, 4.69) is 5.32 Å². The van der Waals surface area contributed by atoms with E-state index in [4.69, 9.17) is 11.6 Å². The third-order valence-corrected chi connectivity index (χ3v) is 7.71. The van der Waals surface area contributed by atoms with E-state index < -0.39 is 0 Å². The van der Waals surface area contributed by atoms with Gasteiger partial charge in [-0.05, 0) is 56.2 Å². The lowest BCUT2D eigenvalue weighted by Gasteiger charge is -2.47. The topological polar surface area (TPSA) is 69.7 Å². The van der Waals surface area contributed by atoms with Crippen molar-refractivity contribution in [3.63, 3.8) is 0 Å². The fraction of sp³-hybridized carbons (Fsp3) is 0.654. The Morgan fingerprint density at radius 1 is 0.939 bits per heavy atom. The van der Waals surface area contributed by atoms with Crippen LogP contribution in [-0.4, -0.2) is 46.3 Å². The average molecular weight is 474 g/mol. The molecule has 1 saturated heterocycles. The Morgan fingerprint density at radius 3 is 2.39 bits per heavy atom. The molecule has 1 heterocycles. The lowest BCUT2D eigenvalue weighted by Crippen LogP contribution is -2.62. The molecule has 3 fully saturated rings. The number of nitrogens with one attached hydrogen (secondary N) is 1. The van der Waals surface area contributed by atoms with E-state index in [0.717, 1.165) is 44.1 Å². The molecule has 0 bridgehead atoms. The molecule has 1 aliphatic heterocycles. The van der Waals surface area contributed by atoms with Crippen LogP contribution < -0.4 is 5.32 Å². The van der Waals surface area contributed by atoms with E-state index in [1.807, 2.05) is 29.2 Å². The molecule has 0 aromatic heterocycles. The van der Waals surface area contributed by atoms with Crippen molar-refractivity contribution in [2.45, 2.75) is 95.7 Å². The highest BCUT2D eigenvalue weighted by Gasteiger charge is 2.46. The average Bonchev–Trinajstić information content (AvgIpc) is 2.83. The molecule has 1 aromatic rings. The van der Waals surface area contributed by atoms with Gasteiger partial charge in [0, 0.05) is 36.6 Å². The van der Waals surface area contributed by atoms with Crippen LogP contribution in [0.25, 0.3) is 0 Å². The summed E-state index contributed by atoms with van der Waals surface area (Å²) >= 11 is 6.02. The van der Waals surface area contributed by atoms with Crippen molar-refractivity contribution in [1.82, 2.24) is 15.1 Å². The van der Waals surface area contributed by atoms with Gasteiger partial charge in [-0.2, -0.15) is 0 Å². The fourth-order valence-corrected chi connectivity index (χ4v) is 5.77. The number of carbonyl (C=O) groups is 3. The zero-order chi connectivity index (χ0) is 23.2. The Kier molecular flexibility index (Phi) is 8.29. The number of halogens is 1. The minimum Gasteiger partial charge on any atom is -0.353 e. The highest BCUT2D eigenvalue weighted by molar-refractivity contribution is 6.30. The maximum atomic E-state index is 13.4. The summed E-state index contributed by atoms with van der Waals surface area (Å²) < 4.78 is 0. The molecule has 2 aliphatic carbocycles. The van der Waals surface area contributed by atoms with Crippen LogP contribution in [0.15, 0.2) is 24.3 Å². The summed E-state index contributed by atoms with van der Waals surface area (Å²) in [6, 6.07) is 7.67. The van der Waals surface area contributed by atoms with Gasteiger partial charge < -0.3 is 10.2 Å². The summed E-state index contributed by atoms with van der Waals surface area (Å²) in [5, 5.41) is 3.82. The number of carbonyl (C=O) groups excluding carboxylic acids is 3. The minimum atomic E-state index is -0.190. The molecule has 7 heteroatoms. The Balaban J connectivity index is 1.33. The van der Waals surface area contributed by atoms with E-state index in [0.29, 0.717) is 43.4 Å². The zero-order valence-electron chi connectivity index (χ0n) is 19.4. The van der Waals surface area contributed by atoms with E-state index >= 15 is 0 Å². The van der Waals surface area contributed by atoms with Crippen molar-refractivity contribution < 1.29 is 14.4 Å². The highest BCUT2D eigenvalue weighted by atomic mass is 35.5. The third kappa shape index (κ3) is 6.08. The first-order valence-corrected chi connectivity index (χ1v) is 13.1. The molecule has 1 aromatic carbocycles. The maximum absolute atomic E-state index is 13.4. The van der Waals surface area contributed by atoms with Gasteiger partial charge in [-0.15, -0.1) is 0 Å². The van der Waals surface area contributed by atoms with E-state index in [1.165, 1.54) is 24.2 Å². The Bertz CT molecular complexity index is 838. The van der Waals surface area contributed by atoms with Gasteiger partial charge in [0.25, 0.3) is 0 Å². The zero-order valence-corrected chi connectivity index (χ0v) is 20.2. The quantitative estimate of drug-likeness (QED) is 0.522. The van der Waals surface area contributed by atoms with Crippen molar-refractivity contribution in [2.24, 2.45) is 5.92 Å². The molecule has 2 saturated carbocycles. The second kappa shape index (κ2) is 11.4. The number of nitrogens with zero attached hydrogens (tertiary/aromatic N) is 2. The second-order valence-corrected chi connectivity index (χ2v) is 10.3. The predicted octanol–water partition coefficient (Wildman–Crippen LogP) is 5.28. The summed E-state index contributed by atoms with van der Waals surface area (Å²) in [4.78, 5) is 42.2. The molecule has 2 atom stereocenters. The first kappa shape index (κ1) is 24.1. The molecule has 3 aliphatic rings. The molecular weight excluding hydrogens is 438 g/mol. The van der Waals surface area contributed by atoms with E-state index in [9.17, 15) is 14.4 Å². The van der Waals surface area contributed by atoms with Crippen LogP contribution >= 0.6 is 11.6 Å². The smallest absolute Gasteiger partial charge is 0.327 e. The summed E-state index contributed by atoms with van der Waals surface area (Å²) in [7, 11) is 0. The number of urea groups is 1. The summed E-state index contributed by atoms with van der Waals surface area (Å²) in [6.07, 6.45) is 11.4. The predicted molar refractivity (Wildman–Crippen MR) is 129 cm³/mol. The number of hydrogen-bond acceptors (Lipinski definition) is 3.